The first kappa shape index (κ1) is 21.2. The summed E-state index contributed by atoms with van der Waals surface area (Å²) in [7, 11) is 4.68. The molecule has 0 aliphatic rings. The van der Waals surface area contributed by atoms with E-state index in [0.717, 1.165) is 16.7 Å². The first-order valence-corrected chi connectivity index (χ1v) is 9.81. The zero-order valence-corrected chi connectivity index (χ0v) is 17.6. The molecule has 1 N–H and O–H groups in total. The summed E-state index contributed by atoms with van der Waals surface area (Å²) in [5.41, 5.74) is 3.12. The maximum atomic E-state index is 12.7. The highest BCUT2D eigenvalue weighted by atomic mass is 16.5. The van der Waals surface area contributed by atoms with Crippen LogP contribution in [0.3, 0.4) is 0 Å². The highest BCUT2D eigenvalue weighted by molar-refractivity contribution is 5.79. The van der Waals surface area contributed by atoms with Crippen LogP contribution in [-0.4, -0.2) is 33.8 Å². The first-order chi connectivity index (χ1) is 14.7. The van der Waals surface area contributed by atoms with E-state index in [9.17, 15) is 4.79 Å². The lowest BCUT2D eigenvalue weighted by molar-refractivity contribution is -0.120. The standard InChI is InChI=1S/C25H27NO4/c1-28-22-14-18(15-23(29-2)25(22)30-3)16-24(27)26-17-21(19-10-6-4-7-11-19)20-12-8-5-9-13-20/h4-15,21H,16-17H2,1-3H3,(H,26,27). The fourth-order valence-corrected chi connectivity index (χ4v) is 3.50. The Morgan fingerprint density at radius 3 is 1.73 bits per heavy atom. The van der Waals surface area contributed by atoms with Gasteiger partial charge in [-0.05, 0) is 28.8 Å². The number of carbonyl (C=O) groups is 1. The Morgan fingerprint density at radius 1 is 0.800 bits per heavy atom. The predicted molar refractivity (Wildman–Crippen MR) is 118 cm³/mol. The number of hydrogen-bond acceptors (Lipinski definition) is 4. The highest BCUT2D eigenvalue weighted by Crippen LogP contribution is 2.38. The van der Waals surface area contributed by atoms with Gasteiger partial charge in [0.05, 0.1) is 27.8 Å². The molecule has 0 bridgehead atoms. The maximum absolute atomic E-state index is 12.7. The fourth-order valence-electron chi connectivity index (χ4n) is 3.50. The van der Waals surface area contributed by atoms with Crippen LogP contribution in [-0.2, 0) is 11.2 Å². The summed E-state index contributed by atoms with van der Waals surface area (Å²) < 4.78 is 16.1. The Labute approximate surface area is 177 Å². The zero-order valence-electron chi connectivity index (χ0n) is 17.6. The minimum Gasteiger partial charge on any atom is -0.493 e. The molecule has 0 saturated heterocycles. The van der Waals surface area contributed by atoms with Crippen molar-refractivity contribution in [2.75, 3.05) is 27.9 Å². The molecule has 0 radical (unpaired) electrons. The molecule has 0 fully saturated rings. The van der Waals surface area contributed by atoms with Crippen molar-refractivity contribution < 1.29 is 19.0 Å². The van der Waals surface area contributed by atoms with Crippen LogP contribution in [0, 0.1) is 0 Å². The summed E-state index contributed by atoms with van der Waals surface area (Å²) in [5.74, 6) is 1.59. The molecular weight excluding hydrogens is 378 g/mol. The lowest BCUT2D eigenvalue weighted by Gasteiger charge is -2.19. The van der Waals surface area contributed by atoms with Crippen molar-refractivity contribution in [3.8, 4) is 17.2 Å². The topological polar surface area (TPSA) is 56.8 Å². The van der Waals surface area contributed by atoms with E-state index in [-0.39, 0.29) is 18.2 Å². The van der Waals surface area contributed by atoms with Gasteiger partial charge in [-0.2, -0.15) is 0 Å². The second-order valence-corrected chi connectivity index (χ2v) is 6.89. The monoisotopic (exact) mass is 405 g/mol. The lowest BCUT2D eigenvalue weighted by Crippen LogP contribution is -2.30. The largest absolute Gasteiger partial charge is 0.493 e. The summed E-state index contributed by atoms with van der Waals surface area (Å²) in [6.45, 7) is 0.511. The number of ether oxygens (including phenoxy) is 3. The minimum atomic E-state index is -0.0684. The van der Waals surface area contributed by atoms with Crippen LogP contribution in [0.5, 0.6) is 17.2 Å². The Hall–Kier alpha value is -3.47. The molecule has 30 heavy (non-hydrogen) atoms. The Kier molecular flexibility index (Phi) is 7.33. The third kappa shape index (κ3) is 5.11. The first-order valence-electron chi connectivity index (χ1n) is 9.81. The van der Waals surface area contributed by atoms with Gasteiger partial charge in [0, 0.05) is 12.5 Å². The third-order valence-electron chi connectivity index (χ3n) is 5.00. The van der Waals surface area contributed by atoms with Crippen LogP contribution in [0.25, 0.3) is 0 Å². The van der Waals surface area contributed by atoms with E-state index in [1.54, 1.807) is 33.5 Å². The van der Waals surface area contributed by atoms with Gasteiger partial charge in [0.25, 0.3) is 0 Å². The molecule has 156 valence electrons. The van der Waals surface area contributed by atoms with E-state index in [2.05, 4.69) is 29.6 Å². The van der Waals surface area contributed by atoms with Crippen molar-refractivity contribution in [1.82, 2.24) is 5.32 Å². The van der Waals surface area contributed by atoms with Gasteiger partial charge in [0.1, 0.15) is 0 Å². The molecule has 0 saturated carbocycles. The molecule has 0 spiro atoms. The summed E-state index contributed by atoms with van der Waals surface area (Å²) >= 11 is 0. The van der Waals surface area contributed by atoms with Crippen LogP contribution < -0.4 is 19.5 Å². The van der Waals surface area contributed by atoms with Gasteiger partial charge in [-0.1, -0.05) is 60.7 Å². The van der Waals surface area contributed by atoms with Crippen molar-refractivity contribution in [3.63, 3.8) is 0 Å². The van der Waals surface area contributed by atoms with Gasteiger partial charge >= 0.3 is 0 Å². The second-order valence-electron chi connectivity index (χ2n) is 6.89. The molecule has 0 unspecified atom stereocenters. The van der Waals surface area contributed by atoms with Crippen molar-refractivity contribution in [1.29, 1.82) is 0 Å². The Bertz CT molecular complexity index is 893. The molecule has 3 aromatic rings. The van der Waals surface area contributed by atoms with E-state index < -0.39 is 0 Å². The molecule has 0 atom stereocenters. The molecule has 3 rings (SSSR count). The molecule has 5 heteroatoms. The van der Waals surface area contributed by atoms with Crippen LogP contribution in [0.1, 0.15) is 22.6 Å². The predicted octanol–water partition coefficient (Wildman–Crippen LogP) is 4.20. The van der Waals surface area contributed by atoms with Gasteiger partial charge in [0.2, 0.25) is 11.7 Å². The van der Waals surface area contributed by atoms with Gasteiger partial charge in [0.15, 0.2) is 11.5 Å². The number of methoxy groups -OCH3 is 3. The number of benzene rings is 3. The Morgan fingerprint density at radius 2 is 1.30 bits per heavy atom. The summed E-state index contributed by atoms with van der Waals surface area (Å²) in [6.07, 6.45) is 0.215. The van der Waals surface area contributed by atoms with Crippen molar-refractivity contribution in [3.05, 3.63) is 89.5 Å². The van der Waals surface area contributed by atoms with Gasteiger partial charge < -0.3 is 19.5 Å². The number of amides is 1. The fraction of sp³-hybridized carbons (Fsp3) is 0.240. The average Bonchev–Trinajstić information content (AvgIpc) is 2.80. The van der Waals surface area contributed by atoms with Crippen molar-refractivity contribution >= 4 is 5.91 Å². The quantitative estimate of drug-likeness (QED) is 0.580. The summed E-state index contributed by atoms with van der Waals surface area (Å²) in [4.78, 5) is 12.7. The number of rotatable bonds is 9. The summed E-state index contributed by atoms with van der Waals surface area (Å²) in [6, 6.07) is 24.0. The van der Waals surface area contributed by atoms with Crippen LogP contribution in [0.15, 0.2) is 72.8 Å². The van der Waals surface area contributed by atoms with Gasteiger partial charge in [-0.25, -0.2) is 0 Å². The van der Waals surface area contributed by atoms with Crippen molar-refractivity contribution in [2.24, 2.45) is 0 Å². The summed E-state index contributed by atoms with van der Waals surface area (Å²) in [5, 5.41) is 3.08. The van der Waals surface area contributed by atoms with E-state index in [1.807, 2.05) is 36.4 Å². The lowest BCUT2D eigenvalue weighted by atomic mass is 9.91. The van der Waals surface area contributed by atoms with E-state index in [0.29, 0.717) is 23.8 Å². The average molecular weight is 405 g/mol. The molecule has 1 amide bonds. The third-order valence-corrected chi connectivity index (χ3v) is 5.00. The normalized spacial score (nSPS) is 10.5. The van der Waals surface area contributed by atoms with Crippen LogP contribution >= 0.6 is 0 Å². The molecule has 3 aromatic carbocycles. The molecule has 0 heterocycles. The van der Waals surface area contributed by atoms with E-state index >= 15 is 0 Å². The van der Waals surface area contributed by atoms with E-state index in [1.165, 1.54) is 0 Å². The SMILES string of the molecule is COc1cc(CC(=O)NCC(c2ccccc2)c2ccccc2)cc(OC)c1OC. The number of carbonyl (C=O) groups excluding carboxylic acids is 1. The molecule has 0 aliphatic carbocycles. The Balaban J connectivity index is 1.74. The zero-order chi connectivity index (χ0) is 21.3. The van der Waals surface area contributed by atoms with Gasteiger partial charge in [-0.15, -0.1) is 0 Å². The highest BCUT2D eigenvalue weighted by Gasteiger charge is 2.17. The van der Waals surface area contributed by atoms with E-state index in [4.69, 9.17) is 14.2 Å². The smallest absolute Gasteiger partial charge is 0.224 e. The molecule has 0 aromatic heterocycles. The second kappa shape index (κ2) is 10.3. The van der Waals surface area contributed by atoms with Gasteiger partial charge in [-0.3, -0.25) is 4.79 Å². The molecule has 0 aliphatic heterocycles. The molecular formula is C25H27NO4. The maximum Gasteiger partial charge on any atom is 0.224 e. The number of hydrogen-bond donors (Lipinski definition) is 1. The van der Waals surface area contributed by atoms with Crippen LogP contribution in [0.2, 0.25) is 0 Å². The van der Waals surface area contributed by atoms with Crippen LogP contribution in [0.4, 0.5) is 0 Å². The van der Waals surface area contributed by atoms with Crippen molar-refractivity contribution in [2.45, 2.75) is 12.3 Å². The minimum absolute atomic E-state index is 0.0684. The number of nitrogens with one attached hydrogen (secondary N) is 1. The molecule has 5 nitrogen and oxygen atoms in total.